The molecule has 1 fully saturated rings. The lowest BCUT2D eigenvalue weighted by Crippen LogP contribution is -2.40. The fourth-order valence-corrected chi connectivity index (χ4v) is 1.93. The zero-order valence-electron chi connectivity index (χ0n) is 8.62. The molecule has 15 heavy (non-hydrogen) atoms. The number of nitrogens with one attached hydrogen (secondary N) is 1. The van der Waals surface area contributed by atoms with Crippen molar-refractivity contribution in [1.82, 2.24) is 10.5 Å². The lowest BCUT2D eigenvalue weighted by atomic mass is 9.80. The van der Waals surface area contributed by atoms with Gasteiger partial charge in [0, 0.05) is 18.0 Å². The highest BCUT2D eigenvalue weighted by Gasteiger charge is 2.33. The second-order valence-corrected chi connectivity index (χ2v) is 4.22. The Labute approximate surface area is 87.5 Å². The van der Waals surface area contributed by atoms with Gasteiger partial charge < -0.3 is 14.9 Å². The molecule has 1 aromatic rings. The van der Waals surface area contributed by atoms with Crippen LogP contribution in [0.5, 0.6) is 0 Å². The summed E-state index contributed by atoms with van der Waals surface area (Å²) in [6.45, 7) is 3.88. The molecule has 1 aliphatic rings. The van der Waals surface area contributed by atoms with Crippen LogP contribution in [0.25, 0.3) is 0 Å². The minimum absolute atomic E-state index is 0.0169. The lowest BCUT2D eigenvalue weighted by molar-refractivity contribution is 0.0685. The number of carboxylic acids is 1. The molecule has 1 aliphatic heterocycles. The monoisotopic (exact) mass is 210 g/mol. The Morgan fingerprint density at radius 1 is 1.73 bits per heavy atom. The molecule has 5 heteroatoms. The van der Waals surface area contributed by atoms with Gasteiger partial charge in [-0.05, 0) is 19.4 Å². The van der Waals surface area contributed by atoms with Crippen molar-refractivity contribution in [2.45, 2.75) is 25.2 Å². The molecular weight excluding hydrogens is 196 g/mol. The van der Waals surface area contributed by atoms with Gasteiger partial charge in [0.15, 0.2) is 5.69 Å². The Bertz CT molecular complexity index is 366. The molecule has 0 spiro atoms. The molecule has 2 N–H and O–H groups in total. The van der Waals surface area contributed by atoms with Crippen LogP contribution in [-0.4, -0.2) is 29.3 Å². The van der Waals surface area contributed by atoms with Crippen molar-refractivity contribution in [3.8, 4) is 0 Å². The standard InChI is InChI=1S/C10H14N2O3/c1-10(3-2-4-11-6-10)8-5-7(9(13)14)12-15-8/h5,11H,2-4,6H2,1H3,(H,13,14). The van der Waals surface area contributed by atoms with Gasteiger partial charge in [0.1, 0.15) is 5.76 Å². The van der Waals surface area contributed by atoms with Crippen molar-refractivity contribution >= 4 is 5.97 Å². The Balaban J connectivity index is 2.23. The third-order valence-corrected chi connectivity index (χ3v) is 2.92. The summed E-state index contributed by atoms with van der Waals surface area (Å²) in [5, 5.41) is 15.6. The minimum atomic E-state index is -1.04. The van der Waals surface area contributed by atoms with E-state index >= 15 is 0 Å². The van der Waals surface area contributed by atoms with Gasteiger partial charge >= 0.3 is 5.97 Å². The first-order chi connectivity index (χ1) is 7.12. The maximum atomic E-state index is 10.7. The van der Waals surface area contributed by atoms with Gasteiger partial charge in [0.05, 0.1) is 0 Å². The number of aromatic carboxylic acids is 1. The summed E-state index contributed by atoms with van der Waals surface area (Å²) < 4.78 is 5.10. The molecule has 82 valence electrons. The van der Waals surface area contributed by atoms with E-state index in [4.69, 9.17) is 9.63 Å². The van der Waals surface area contributed by atoms with E-state index in [0.717, 1.165) is 25.9 Å². The predicted octanol–water partition coefficient (Wildman–Crippen LogP) is 1.01. The first-order valence-electron chi connectivity index (χ1n) is 5.03. The highest BCUT2D eigenvalue weighted by Crippen LogP contribution is 2.30. The van der Waals surface area contributed by atoms with E-state index in [-0.39, 0.29) is 11.1 Å². The first kappa shape index (κ1) is 10.2. The number of carboxylic acid groups (broad SMARTS) is 1. The van der Waals surface area contributed by atoms with Crippen LogP contribution in [0.4, 0.5) is 0 Å². The van der Waals surface area contributed by atoms with Crippen LogP contribution >= 0.6 is 0 Å². The average Bonchev–Trinajstić information content (AvgIpc) is 2.68. The van der Waals surface area contributed by atoms with Crippen molar-refractivity contribution in [1.29, 1.82) is 0 Å². The molecule has 0 aromatic carbocycles. The molecule has 0 aliphatic carbocycles. The Hall–Kier alpha value is -1.36. The fraction of sp³-hybridized carbons (Fsp3) is 0.600. The lowest BCUT2D eigenvalue weighted by Gasteiger charge is -2.31. The van der Waals surface area contributed by atoms with Gasteiger partial charge in [-0.3, -0.25) is 0 Å². The molecular formula is C10H14N2O3. The maximum absolute atomic E-state index is 10.7. The summed E-state index contributed by atoms with van der Waals surface area (Å²) in [6.07, 6.45) is 2.06. The van der Waals surface area contributed by atoms with Crippen molar-refractivity contribution in [2.24, 2.45) is 0 Å². The summed E-state index contributed by atoms with van der Waals surface area (Å²) in [5.41, 5.74) is -0.143. The van der Waals surface area contributed by atoms with Crippen LogP contribution in [0.1, 0.15) is 36.0 Å². The van der Waals surface area contributed by atoms with Crippen LogP contribution in [0, 0.1) is 0 Å². The van der Waals surface area contributed by atoms with E-state index in [0.29, 0.717) is 5.76 Å². The second kappa shape index (κ2) is 3.66. The molecule has 5 nitrogen and oxygen atoms in total. The van der Waals surface area contributed by atoms with Gasteiger partial charge in [-0.25, -0.2) is 4.79 Å². The molecule has 0 radical (unpaired) electrons. The van der Waals surface area contributed by atoms with E-state index in [2.05, 4.69) is 17.4 Å². The molecule has 0 bridgehead atoms. The average molecular weight is 210 g/mol. The number of aromatic nitrogens is 1. The van der Waals surface area contributed by atoms with Crippen LogP contribution in [0.15, 0.2) is 10.6 Å². The number of carbonyl (C=O) groups is 1. The number of piperidine rings is 1. The van der Waals surface area contributed by atoms with Gasteiger partial charge in [-0.1, -0.05) is 12.1 Å². The maximum Gasteiger partial charge on any atom is 0.358 e. The van der Waals surface area contributed by atoms with E-state index < -0.39 is 5.97 Å². The topological polar surface area (TPSA) is 75.4 Å². The van der Waals surface area contributed by atoms with Crippen molar-refractivity contribution in [3.05, 3.63) is 17.5 Å². The molecule has 1 saturated heterocycles. The Morgan fingerprint density at radius 3 is 3.07 bits per heavy atom. The van der Waals surface area contributed by atoms with E-state index in [9.17, 15) is 4.79 Å². The zero-order chi connectivity index (χ0) is 10.9. The largest absolute Gasteiger partial charge is 0.476 e. The van der Waals surface area contributed by atoms with Crippen molar-refractivity contribution < 1.29 is 14.4 Å². The third kappa shape index (κ3) is 1.87. The summed E-state index contributed by atoms with van der Waals surface area (Å²) in [5.74, 6) is -0.385. The number of hydrogen-bond donors (Lipinski definition) is 2. The minimum Gasteiger partial charge on any atom is -0.476 e. The molecule has 2 rings (SSSR count). The zero-order valence-corrected chi connectivity index (χ0v) is 8.62. The Morgan fingerprint density at radius 2 is 2.53 bits per heavy atom. The highest BCUT2D eigenvalue weighted by molar-refractivity contribution is 5.85. The van der Waals surface area contributed by atoms with E-state index in [1.165, 1.54) is 6.07 Å². The van der Waals surface area contributed by atoms with Crippen LogP contribution in [-0.2, 0) is 5.41 Å². The summed E-state index contributed by atoms with van der Waals surface area (Å²) in [4.78, 5) is 10.7. The first-order valence-corrected chi connectivity index (χ1v) is 5.03. The van der Waals surface area contributed by atoms with Crippen molar-refractivity contribution in [3.63, 3.8) is 0 Å². The van der Waals surface area contributed by atoms with E-state index in [1.54, 1.807) is 0 Å². The molecule has 0 amide bonds. The van der Waals surface area contributed by atoms with Gasteiger partial charge in [0.25, 0.3) is 0 Å². The van der Waals surface area contributed by atoms with Gasteiger partial charge in [0.2, 0.25) is 0 Å². The predicted molar refractivity (Wildman–Crippen MR) is 52.9 cm³/mol. The quantitative estimate of drug-likeness (QED) is 0.762. The molecule has 1 atom stereocenters. The smallest absolute Gasteiger partial charge is 0.358 e. The molecule has 0 saturated carbocycles. The van der Waals surface area contributed by atoms with Gasteiger partial charge in [-0.15, -0.1) is 0 Å². The SMILES string of the molecule is CC1(c2cc(C(=O)O)no2)CCCNC1. The molecule has 2 heterocycles. The van der Waals surface area contributed by atoms with Crippen LogP contribution in [0.2, 0.25) is 0 Å². The van der Waals surface area contributed by atoms with E-state index in [1.807, 2.05) is 0 Å². The van der Waals surface area contributed by atoms with Crippen LogP contribution in [0.3, 0.4) is 0 Å². The summed E-state index contributed by atoms with van der Waals surface area (Å²) >= 11 is 0. The molecule has 1 aromatic heterocycles. The Kier molecular flexibility index (Phi) is 2.48. The number of rotatable bonds is 2. The highest BCUT2D eigenvalue weighted by atomic mass is 16.5. The number of hydrogen-bond acceptors (Lipinski definition) is 4. The normalized spacial score (nSPS) is 26.5. The van der Waals surface area contributed by atoms with Crippen molar-refractivity contribution in [2.75, 3.05) is 13.1 Å². The van der Waals surface area contributed by atoms with Gasteiger partial charge in [-0.2, -0.15) is 0 Å². The summed E-state index contributed by atoms with van der Waals surface area (Å²) in [6, 6.07) is 1.52. The summed E-state index contributed by atoms with van der Waals surface area (Å²) in [7, 11) is 0. The number of nitrogens with zero attached hydrogens (tertiary/aromatic N) is 1. The van der Waals surface area contributed by atoms with Crippen LogP contribution < -0.4 is 5.32 Å². The second-order valence-electron chi connectivity index (χ2n) is 4.22. The fourth-order valence-electron chi connectivity index (χ4n) is 1.93. The third-order valence-electron chi connectivity index (χ3n) is 2.92. The molecule has 1 unspecified atom stereocenters.